The summed E-state index contributed by atoms with van der Waals surface area (Å²) in [6, 6.07) is 0. The summed E-state index contributed by atoms with van der Waals surface area (Å²) in [5, 5.41) is -1.20. The first-order chi connectivity index (χ1) is 10.5. The average Bonchev–Trinajstić information content (AvgIpc) is 2.35. The summed E-state index contributed by atoms with van der Waals surface area (Å²) in [5.74, 6) is 0. The van der Waals surface area contributed by atoms with Crippen LogP contribution in [-0.2, 0) is 13.7 Å². The van der Waals surface area contributed by atoms with Crippen molar-refractivity contribution in [2.45, 2.75) is 65.2 Å². The van der Waals surface area contributed by atoms with Gasteiger partial charge < -0.3 is 14.3 Å². The molecule has 0 heterocycles. The zero-order valence-electron chi connectivity index (χ0n) is 15.0. The molecule has 0 rings (SSSR count). The molecule has 2 N–H and O–H groups in total. The fourth-order valence-corrected chi connectivity index (χ4v) is 6.60. The van der Waals surface area contributed by atoms with Crippen molar-refractivity contribution >= 4 is 15.0 Å². The van der Waals surface area contributed by atoms with Gasteiger partial charge in [-0.1, -0.05) is 23.3 Å². The largest absolute Gasteiger partial charge is 0.338 e. The van der Waals surface area contributed by atoms with Crippen molar-refractivity contribution in [1.82, 2.24) is 0 Å². The predicted octanol–water partition coefficient (Wildman–Crippen LogP) is 5.30. The van der Waals surface area contributed by atoms with Crippen molar-refractivity contribution in [1.29, 1.82) is 0 Å². The zero-order chi connectivity index (χ0) is 18.1. The molecule has 2 unspecified atom stereocenters. The van der Waals surface area contributed by atoms with Gasteiger partial charge in [0.2, 0.25) is 7.37 Å². The Bertz CT molecular complexity index is 501. The van der Waals surface area contributed by atoms with E-state index in [1.807, 2.05) is 0 Å². The van der Waals surface area contributed by atoms with Crippen molar-refractivity contribution in [2.75, 3.05) is 13.3 Å². The lowest BCUT2D eigenvalue weighted by molar-refractivity contribution is 0.321. The van der Waals surface area contributed by atoms with E-state index < -0.39 is 20.4 Å². The number of allylic oxidation sites excluding steroid dienone is 4. The van der Waals surface area contributed by atoms with E-state index in [1.165, 1.54) is 17.8 Å². The molecule has 0 saturated heterocycles. The molecule has 0 spiro atoms. The van der Waals surface area contributed by atoms with Crippen molar-refractivity contribution in [3.8, 4) is 0 Å². The fraction of sp³-hybridized carbons (Fsp3) is 0.750. The monoisotopic (exact) mass is 366 g/mol. The maximum atomic E-state index is 12.4. The summed E-state index contributed by atoms with van der Waals surface area (Å²) in [5.41, 5.74) is 2.57. The van der Waals surface area contributed by atoms with Gasteiger partial charge in [0.1, 0.15) is 5.40 Å². The van der Waals surface area contributed by atoms with E-state index in [4.69, 9.17) is 4.52 Å². The molecule has 0 aliphatic heterocycles. The van der Waals surface area contributed by atoms with Gasteiger partial charge >= 0.3 is 7.60 Å². The molecule has 0 aromatic heterocycles. The van der Waals surface area contributed by atoms with Gasteiger partial charge in [0.25, 0.3) is 0 Å². The maximum absolute atomic E-state index is 12.4. The number of unbranched alkanes of at least 4 members (excludes halogenated alkanes) is 1. The van der Waals surface area contributed by atoms with Gasteiger partial charge in [0.05, 0.1) is 6.61 Å². The molecule has 0 bridgehead atoms. The molecule has 5 nitrogen and oxygen atoms in total. The maximum Gasteiger partial charge on any atom is 0.338 e. The van der Waals surface area contributed by atoms with Gasteiger partial charge in [-0.15, -0.1) is 0 Å². The molecule has 2 atom stereocenters. The van der Waals surface area contributed by atoms with Crippen LogP contribution in [0.5, 0.6) is 0 Å². The van der Waals surface area contributed by atoms with E-state index in [1.54, 1.807) is 6.92 Å². The van der Waals surface area contributed by atoms with Gasteiger partial charge in [-0.3, -0.25) is 9.13 Å². The first-order valence-corrected chi connectivity index (χ1v) is 11.9. The van der Waals surface area contributed by atoms with Crippen molar-refractivity contribution in [3.05, 3.63) is 23.3 Å². The molecule has 136 valence electrons. The smallest absolute Gasteiger partial charge is 0.328 e. The topological polar surface area (TPSA) is 83.8 Å². The SMILES string of the molecule is CCOP(C)(=O)C(CCCC=C(C)CCC=C(C)C)P(=O)(O)O. The van der Waals surface area contributed by atoms with Gasteiger partial charge in [0, 0.05) is 6.66 Å². The zero-order valence-corrected chi connectivity index (χ0v) is 16.8. The van der Waals surface area contributed by atoms with Gasteiger partial charge in [-0.2, -0.15) is 0 Å². The second-order valence-electron chi connectivity index (χ2n) is 6.20. The Morgan fingerprint density at radius 2 is 1.74 bits per heavy atom. The molecular weight excluding hydrogens is 334 g/mol. The quantitative estimate of drug-likeness (QED) is 0.295. The second-order valence-corrected chi connectivity index (χ2v) is 11.1. The molecular formula is C16H32O5P2. The third kappa shape index (κ3) is 10.3. The standard InChI is InChI=1S/C16H32O5P2/c1-6-21-22(5,17)16(23(18,19)20)13-8-7-11-15(4)12-9-10-14(2)3/h10-11,16H,6-9,12-13H2,1-5H3,(H2,18,19,20). The Morgan fingerprint density at radius 1 is 1.13 bits per heavy atom. The van der Waals surface area contributed by atoms with Crippen LogP contribution < -0.4 is 0 Å². The van der Waals surface area contributed by atoms with Gasteiger partial charge in [-0.05, 0) is 59.8 Å². The molecule has 0 aliphatic carbocycles. The Hall–Kier alpha value is -0.180. The lowest BCUT2D eigenvalue weighted by Crippen LogP contribution is -2.11. The lowest BCUT2D eigenvalue weighted by Gasteiger charge is -2.24. The molecule has 0 radical (unpaired) electrons. The minimum absolute atomic E-state index is 0.188. The molecule has 0 aliphatic rings. The first-order valence-electron chi connectivity index (χ1n) is 8.06. The van der Waals surface area contributed by atoms with Crippen molar-refractivity contribution in [2.24, 2.45) is 0 Å². The minimum atomic E-state index is -4.44. The number of hydrogen-bond acceptors (Lipinski definition) is 3. The van der Waals surface area contributed by atoms with E-state index in [0.717, 1.165) is 19.3 Å². The summed E-state index contributed by atoms with van der Waals surface area (Å²) in [6.45, 7) is 9.38. The van der Waals surface area contributed by atoms with Crippen LogP contribution in [0.3, 0.4) is 0 Å². The molecule has 0 saturated carbocycles. The van der Waals surface area contributed by atoms with Crippen LogP contribution in [0.4, 0.5) is 0 Å². The Kier molecular flexibility index (Phi) is 10.6. The van der Waals surface area contributed by atoms with Crippen LogP contribution >= 0.6 is 15.0 Å². The highest BCUT2D eigenvalue weighted by Gasteiger charge is 2.41. The molecule has 0 amide bonds. The summed E-state index contributed by atoms with van der Waals surface area (Å²) >= 11 is 0. The Balaban J connectivity index is 4.52. The summed E-state index contributed by atoms with van der Waals surface area (Å²) in [4.78, 5) is 18.9. The molecule has 23 heavy (non-hydrogen) atoms. The number of hydrogen-bond donors (Lipinski definition) is 2. The van der Waals surface area contributed by atoms with Crippen LogP contribution in [0.1, 0.15) is 59.8 Å². The van der Waals surface area contributed by atoms with E-state index in [-0.39, 0.29) is 13.0 Å². The van der Waals surface area contributed by atoms with E-state index >= 15 is 0 Å². The summed E-state index contributed by atoms with van der Waals surface area (Å²) in [7, 11) is -7.74. The second kappa shape index (κ2) is 10.6. The normalized spacial score (nSPS) is 16.7. The average molecular weight is 366 g/mol. The first kappa shape index (κ1) is 22.8. The Labute approximate surface area is 140 Å². The van der Waals surface area contributed by atoms with E-state index in [0.29, 0.717) is 6.42 Å². The summed E-state index contributed by atoms with van der Waals surface area (Å²) < 4.78 is 29.1. The van der Waals surface area contributed by atoms with Crippen molar-refractivity contribution < 1.29 is 23.4 Å². The van der Waals surface area contributed by atoms with E-state index in [9.17, 15) is 18.9 Å². The highest BCUT2D eigenvalue weighted by atomic mass is 31.2. The molecule has 0 aromatic carbocycles. The van der Waals surface area contributed by atoms with Crippen LogP contribution in [-0.4, -0.2) is 28.5 Å². The Morgan fingerprint density at radius 3 is 2.22 bits per heavy atom. The van der Waals surface area contributed by atoms with Gasteiger partial charge in [-0.25, -0.2) is 0 Å². The van der Waals surface area contributed by atoms with Gasteiger partial charge in [0.15, 0.2) is 0 Å². The molecule has 7 heteroatoms. The van der Waals surface area contributed by atoms with E-state index in [2.05, 4.69) is 32.9 Å². The van der Waals surface area contributed by atoms with Crippen LogP contribution in [0, 0.1) is 0 Å². The third-order valence-electron chi connectivity index (χ3n) is 3.57. The molecule has 0 aromatic rings. The third-order valence-corrected chi connectivity index (χ3v) is 8.87. The predicted molar refractivity (Wildman–Crippen MR) is 97.3 cm³/mol. The lowest BCUT2D eigenvalue weighted by atomic mass is 10.1. The summed E-state index contributed by atoms with van der Waals surface area (Å²) in [6.07, 6.45) is 7.79. The van der Waals surface area contributed by atoms with Crippen molar-refractivity contribution in [3.63, 3.8) is 0 Å². The number of rotatable bonds is 11. The van der Waals surface area contributed by atoms with Crippen LogP contribution in [0.15, 0.2) is 23.3 Å². The minimum Gasteiger partial charge on any atom is -0.328 e. The van der Waals surface area contributed by atoms with Crippen LogP contribution in [0.2, 0.25) is 0 Å². The highest BCUT2D eigenvalue weighted by Crippen LogP contribution is 2.64. The molecule has 0 fully saturated rings. The highest BCUT2D eigenvalue weighted by molar-refractivity contribution is 7.74. The van der Waals surface area contributed by atoms with Crippen LogP contribution in [0.25, 0.3) is 0 Å². The fourth-order valence-electron chi connectivity index (χ4n) is 2.36.